The molecule has 0 bridgehead atoms. The molecule has 162 valence electrons. The molecule has 0 rings (SSSR count). The molecular formula is C24H49NO2. The quantitative estimate of drug-likeness (QED) is 0.152. The van der Waals surface area contributed by atoms with Gasteiger partial charge in [0, 0.05) is 13.0 Å². The zero-order valence-corrected chi connectivity index (χ0v) is 18.9. The van der Waals surface area contributed by atoms with Crippen LogP contribution in [0.3, 0.4) is 0 Å². The summed E-state index contributed by atoms with van der Waals surface area (Å²) in [6, 6.07) is 0. The van der Waals surface area contributed by atoms with E-state index in [2.05, 4.69) is 25.9 Å². The van der Waals surface area contributed by atoms with Crippen LogP contribution in [0.4, 0.5) is 0 Å². The lowest BCUT2D eigenvalue weighted by Crippen LogP contribution is -2.18. The van der Waals surface area contributed by atoms with Gasteiger partial charge in [0.25, 0.3) is 0 Å². The van der Waals surface area contributed by atoms with Gasteiger partial charge in [-0.1, -0.05) is 84.0 Å². The maximum atomic E-state index is 10.3. The molecule has 0 aromatic rings. The van der Waals surface area contributed by atoms with Crippen molar-refractivity contribution in [1.29, 1.82) is 0 Å². The molecule has 0 saturated heterocycles. The number of nitrogens with zero attached hydrogens (tertiary/aromatic N) is 1. The minimum Gasteiger partial charge on any atom is -0.378 e. The maximum absolute atomic E-state index is 10.3. The number of rotatable bonds is 22. The van der Waals surface area contributed by atoms with Gasteiger partial charge in [0.05, 0.1) is 6.10 Å². The van der Waals surface area contributed by atoms with Gasteiger partial charge >= 0.3 is 0 Å². The van der Waals surface area contributed by atoms with E-state index in [-0.39, 0.29) is 0 Å². The van der Waals surface area contributed by atoms with Crippen LogP contribution in [0.25, 0.3) is 0 Å². The lowest BCUT2D eigenvalue weighted by Gasteiger charge is -2.19. The van der Waals surface area contributed by atoms with Gasteiger partial charge in [0.2, 0.25) is 0 Å². The molecule has 0 amide bonds. The van der Waals surface area contributed by atoms with E-state index in [0.717, 1.165) is 38.7 Å². The fourth-order valence-electron chi connectivity index (χ4n) is 3.58. The summed E-state index contributed by atoms with van der Waals surface area (Å²) in [7, 11) is 4.26. The van der Waals surface area contributed by atoms with Crippen LogP contribution in [0.5, 0.6) is 0 Å². The molecule has 0 N–H and O–H groups in total. The van der Waals surface area contributed by atoms with Gasteiger partial charge in [0.1, 0.15) is 6.29 Å². The fourth-order valence-corrected chi connectivity index (χ4v) is 3.58. The first-order valence-corrected chi connectivity index (χ1v) is 11.9. The van der Waals surface area contributed by atoms with E-state index >= 15 is 0 Å². The number of carbonyl (C=O) groups excluding carboxylic acids is 1. The average Bonchev–Trinajstić information content (AvgIpc) is 2.65. The summed E-state index contributed by atoms with van der Waals surface area (Å²) in [4.78, 5) is 12.6. The van der Waals surface area contributed by atoms with Crippen LogP contribution < -0.4 is 0 Å². The van der Waals surface area contributed by atoms with E-state index in [9.17, 15) is 4.79 Å². The number of carbonyl (C=O) groups is 1. The van der Waals surface area contributed by atoms with Crippen molar-refractivity contribution in [3.8, 4) is 0 Å². The number of unbranched alkanes of at least 4 members (excludes halogenated alkanes) is 12. The van der Waals surface area contributed by atoms with Gasteiger partial charge in [-0.2, -0.15) is 0 Å². The molecule has 1 unspecified atom stereocenters. The van der Waals surface area contributed by atoms with Crippen molar-refractivity contribution in [2.24, 2.45) is 0 Å². The van der Waals surface area contributed by atoms with E-state index in [1.165, 1.54) is 89.9 Å². The van der Waals surface area contributed by atoms with Gasteiger partial charge in [-0.15, -0.1) is 0 Å². The Morgan fingerprint density at radius 3 is 1.78 bits per heavy atom. The number of ether oxygens (including phenoxy) is 1. The monoisotopic (exact) mass is 383 g/mol. The highest BCUT2D eigenvalue weighted by atomic mass is 16.5. The van der Waals surface area contributed by atoms with Crippen LogP contribution in [0.15, 0.2) is 0 Å². The molecular weight excluding hydrogens is 334 g/mol. The summed E-state index contributed by atoms with van der Waals surface area (Å²) < 4.78 is 6.23. The van der Waals surface area contributed by atoms with Crippen LogP contribution in [0, 0.1) is 0 Å². The molecule has 0 heterocycles. The molecule has 0 saturated carbocycles. The molecule has 1 atom stereocenters. The molecule has 3 nitrogen and oxygen atoms in total. The summed E-state index contributed by atoms with van der Waals surface area (Å²) >= 11 is 0. The van der Waals surface area contributed by atoms with Gasteiger partial charge in [0.15, 0.2) is 0 Å². The molecule has 0 fully saturated rings. The van der Waals surface area contributed by atoms with Gasteiger partial charge in [-0.25, -0.2) is 0 Å². The summed E-state index contributed by atoms with van der Waals surface area (Å²) in [6.45, 7) is 4.30. The van der Waals surface area contributed by atoms with Crippen molar-refractivity contribution in [2.75, 3.05) is 27.2 Å². The van der Waals surface area contributed by atoms with Crippen LogP contribution in [-0.2, 0) is 9.53 Å². The van der Waals surface area contributed by atoms with Crippen molar-refractivity contribution >= 4 is 6.29 Å². The Bertz CT molecular complexity index is 294. The minimum absolute atomic E-state index is 0.470. The number of hydrogen-bond acceptors (Lipinski definition) is 3. The third kappa shape index (κ3) is 21.7. The molecule has 0 aliphatic carbocycles. The molecule has 0 aliphatic rings. The smallest absolute Gasteiger partial charge is 0.119 e. The largest absolute Gasteiger partial charge is 0.378 e. The minimum atomic E-state index is 0.470. The summed E-state index contributed by atoms with van der Waals surface area (Å²) in [5.41, 5.74) is 0. The standard InChI is InChI=1S/C24H49NO2/c1-4-5-6-7-9-12-15-19-24(27-23-18-21-25(2)3)20-16-13-10-8-11-14-17-22-26/h22,24H,4-21,23H2,1-3H3. The number of aldehydes is 1. The van der Waals surface area contributed by atoms with E-state index in [4.69, 9.17) is 4.74 Å². The molecule has 0 spiro atoms. The van der Waals surface area contributed by atoms with Crippen LogP contribution >= 0.6 is 0 Å². The Morgan fingerprint density at radius 2 is 1.26 bits per heavy atom. The van der Waals surface area contributed by atoms with Gasteiger partial charge in [-0.05, 0) is 46.3 Å². The molecule has 0 aromatic heterocycles. The second kappa shape index (κ2) is 21.9. The lowest BCUT2D eigenvalue weighted by atomic mass is 10.0. The van der Waals surface area contributed by atoms with E-state index in [0.29, 0.717) is 6.10 Å². The van der Waals surface area contributed by atoms with Crippen molar-refractivity contribution in [3.05, 3.63) is 0 Å². The van der Waals surface area contributed by atoms with Crippen LogP contribution in [-0.4, -0.2) is 44.5 Å². The van der Waals surface area contributed by atoms with Crippen LogP contribution in [0.2, 0.25) is 0 Å². The first-order valence-electron chi connectivity index (χ1n) is 11.9. The second-order valence-corrected chi connectivity index (χ2v) is 8.42. The summed E-state index contributed by atoms with van der Waals surface area (Å²) in [5.74, 6) is 0. The first-order chi connectivity index (χ1) is 13.2. The predicted molar refractivity (Wildman–Crippen MR) is 119 cm³/mol. The molecule has 3 heteroatoms. The summed E-state index contributed by atoms with van der Waals surface area (Å²) in [5, 5.41) is 0. The van der Waals surface area contributed by atoms with Crippen molar-refractivity contribution in [3.63, 3.8) is 0 Å². The average molecular weight is 384 g/mol. The number of hydrogen-bond donors (Lipinski definition) is 0. The van der Waals surface area contributed by atoms with Crippen molar-refractivity contribution in [2.45, 2.75) is 122 Å². The Hall–Kier alpha value is -0.410. The fraction of sp³-hybridized carbons (Fsp3) is 0.958. The van der Waals surface area contributed by atoms with Crippen LogP contribution in [0.1, 0.15) is 116 Å². The van der Waals surface area contributed by atoms with Crippen molar-refractivity contribution < 1.29 is 9.53 Å². The Labute approximate surface area is 170 Å². The topological polar surface area (TPSA) is 29.5 Å². The third-order valence-electron chi connectivity index (χ3n) is 5.33. The first kappa shape index (κ1) is 26.6. The molecule has 27 heavy (non-hydrogen) atoms. The van der Waals surface area contributed by atoms with Gasteiger partial charge < -0.3 is 14.4 Å². The highest BCUT2D eigenvalue weighted by Gasteiger charge is 2.09. The maximum Gasteiger partial charge on any atom is 0.119 e. The third-order valence-corrected chi connectivity index (χ3v) is 5.33. The SMILES string of the molecule is CCCCCCCCCC(CCCCCCCCC=O)OCCCN(C)C. The Kier molecular flexibility index (Phi) is 21.6. The van der Waals surface area contributed by atoms with E-state index in [1.807, 2.05) is 0 Å². The second-order valence-electron chi connectivity index (χ2n) is 8.42. The molecule has 0 aliphatic heterocycles. The zero-order valence-electron chi connectivity index (χ0n) is 18.9. The normalized spacial score (nSPS) is 12.6. The van der Waals surface area contributed by atoms with Crippen molar-refractivity contribution in [1.82, 2.24) is 4.90 Å². The lowest BCUT2D eigenvalue weighted by molar-refractivity contribution is -0.107. The molecule has 0 aromatic carbocycles. The molecule has 0 radical (unpaired) electrons. The Morgan fingerprint density at radius 1 is 0.741 bits per heavy atom. The Balaban J connectivity index is 3.80. The van der Waals surface area contributed by atoms with E-state index < -0.39 is 0 Å². The van der Waals surface area contributed by atoms with E-state index in [1.54, 1.807) is 0 Å². The highest BCUT2D eigenvalue weighted by Crippen LogP contribution is 2.17. The zero-order chi connectivity index (χ0) is 20.0. The predicted octanol–water partition coefficient (Wildman–Crippen LogP) is 6.78. The highest BCUT2D eigenvalue weighted by molar-refractivity contribution is 5.48. The van der Waals surface area contributed by atoms with Gasteiger partial charge in [-0.3, -0.25) is 0 Å². The summed E-state index contributed by atoms with van der Waals surface area (Å²) in [6.07, 6.45) is 23.0.